The van der Waals surface area contributed by atoms with Gasteiger partial charge >= 0.3 is 5.97 Å². The molecule has 0 aliphatic rings. The molecule has 1 atom stereocenters. The van der Waals surface area contributed by atoms with Gasteiger partial charge in [-0.15, -0.1) is 0 Å². The van der Waals surface area contributed by atoms with E-state index in [-0.39, 0.29) is 5.97 Å². The Labute approximate surface area is 48.0 Å². The molecule has 0 saturated heterocycles. The van der Waals surface area contributed by atoms with Crippen LogP contribution in [0.3, 0.4) is 0 Å². The van der Waals surface area contributed by atoms with Crippen molar-refractivity contribution >= 4 is 5.97 Å². The van der Waals surface area contributed by atoms with Gasteiger partial charge in [0.1, 0.15) is 0 Å². The van der Waals surface area contributed by atoms with Crippen LogP contribution in [0.25, 0.3) is 0 Å². The molecule has 0 aromatic rings. The fraction of sp³-hybridized carbons (Fsp3) is 0.750. The lowest BCUT2D eigenvalue weighted by molar-refractivity contribution is -0.146. The minimum absolute atomic E-state index is 0.338. The molecule has 0 bridgehead atoms. The third kappa shape index (κ3) is 3.58. The lowest BCUT2D eigenvalue weighted by Crippen LogP contribution is -2.35. The monoisotopic (exact) mass is 118 g/mol. The molecule has 0 radical (unpaired) electrons. The van der Waals surface area contributed by atoms with Gasteiger partial charge in [-0.2, -0.15) is 0 Å². The summed E-state index contributed by atoms with van der Waals surface area (Å²) in [4.78, 5) is 10.1. The Balaban J connectivity index is 3.24. The van der Waals surface area contributed by atoms with Gasteiger partial charge in [0.2, 0.25) is 0 Å². The molecule has 0 aromatic heterocycles. The van der Waals surface area contributed by atoms with Crippen molar-refractivity contribution in [3.05, 3.63) is 0 Å². The lowest BCUT2D eigenvalue weighted by atomic mass is 10.7. The normalized spacial score (nSPS) is 12.9. The third-order valence-electron chi connectivity index (χ3n) is 0.577. The number of hydrazine groups is 1. The average Bonchev–Trinajstić information content (AvgIpc) is 1.65. The van der Waals surface area contributed by atoms with Crippen molar-refractivity contribution in [2.24, 2.45) is 5.84 Å². The number of esters is 1. The third-order valence-corrected chi connectivity index (χ3v) is 0.577. The molecule has 0 aliphatic carbocycles. The molecule has 4 heteroatoms. The maximum absolute atomic E-state index is 10.1. The van der Waals surface area contributed by atoms with Gasteiger partial charge in [0.15, 0.2) is 6.23 Å². The highest BCUT2D eigenvalue weighted by Gasteiger charge is 1.98. The van der Waals surface area contributed by atoms with Crippen LogP contribution in [0.4, 0.5) is 0 Å². The summed E-state index contributed by atoms with van der Waals surface area (Å²) in [6.07, 6.45) is -0.396. The van der Waals surface area contributed by atoms with Crippen LogP contribution in [0.15, 0.2) is 0 Å². The number of ether oxygens (including phenoxy) is 1. The van der Waals surface area contributed by atoms with Crippen molar-refractivity contribution in [3.63, 3.8) is 0 Å². The van der Waals surface area contributed by atoms with Gasteiger partial charge in [0, 0.05) is 6.92 Å². The number of rotatable bonds is 2. The molecule has 8 heavy (non-hydrogen) atoms. The molecule has 0 spiro atoms. The second kappa shape index (κ2) is 3.40. The van der Waals surface area contributed by atoms with Crippen LogP contribution in [-0.2, 0) is 9.53 Å². The highest BCUT2D eigenvalue weighted by atomic mass is 16.6. The van der Waals surface area contributed by atoms with Gasteiger partial charge < -0.3 is 4.74 Å². The molecule has 0 amide bonds. The first-order chi connectivity index (χ1) is 3.66. The Morgan fingerprint density at radius 2 is 2.38 bits per heavy atom. The Bertz CT molecular complexity index is 84.1. The van der Waals surface area contributed by atoms with Crippen LogP contribution in [-0.4, -0.2) is 12.2 Å². The minimum Gasteiger partial charge on any atom is -0.446 e. The zero-order valence-electron chi connectivity index (χ0n) is 4.97. The van der Waals surface area contributed by atoms with Gasteiger partial charge in [0.05, 0.1) is 0 Å². The highest BCUT2D eigenvalue weighted by molar-refractivity contribution is 5.66. The number of carbonyl (C=O) groups is 1. The van der Waals surface area contributed by atoms with E-state index in [4.69, 9.17) is 5.84 Å². The van der Waals surface area contributed by atoms with E-state index < -0.39 is 6.23 Å². The fourth-order valence-corrected chi connectivity index (χ4v) is 0.283. The first-order valence-electron chi connectivity index (χ1n) is 2.30. The van der Waals surface area contributed by atoms with Crippen LogP contribution < -0.4 is 11.3 Å². The zero-order valence-corrected chi connectivity index (χ0v) is 4.97. The number of hydrogen-bond acceptors (Lipinski definition) is 4. The predicted molar refractivity (Wildman–Crippen MR) is 28.6 cm³/mol. The quantitative estimate of drug-likeness (QED) is 0.219. The van der Waals surface area contributed by atoms with Crippen molar-refractivity contribution in [1.29, 1.82) is 0 Å². The van der Waals surface area contributed by atoms with Crippen LogP contribution in [0, 0.1) is 0 Å². The Morgan fingerprint density at radius 1 is 1.88 bits per heavy atom. The summed E-state index contributed by atoms with van der Waals surface area (Å²) < 4.78 is 4.52. The van der Waals surface area contributed by atoms with E-state index >= 15 is 0 Å². The van der Waals surface area contributed by atoms with Crippen LogP contribution in [0.1, 0.15) is 13.8 Å². The summed E-state index contributed by atoms with van der Waals surface area (Å²) in [5.74, 6) is 4.56. The van der Waals surface area contributed by atoms with E-state index in [1.54, 1.807) is 6.92 Å². The maximum Gasteiger partial charge on any atom is 0.304 e. The Morgan fingerprint density at radius 3 is 2.50 bits per heavy atom. The molecule has 0 heterocycles. The molecular weight excluding hydrogens is 108 g/mol. The summed E-state index contributed by atoms with van der Waals surface area (Å²) in [5, 5.41) is 0. The number of nitrogens with two attached hydrogens (primary N) is 1. The van der Waals surface area contributed by atoms with E-state index in [9.17, 15) is 4.79 Å². The molecule has 1 unspecified atom stereocenters. The van der Waals surface area contributed by atoms with Crippen molar-refractivity contribution in [2.75, 3.05) is 0 Å². The molecule has 0 rings (SSSR count). The zero-order chi connectivity index (χ0) is 6.57. The topological polar surface area (TPSA) is 64.3 Å². The molecule has 0 aromatic carbocycles. The van der Waals surface area contributed by atoms with Gasteiger partial charge in [-0.05, 0) is 6.92 Å². The first kappa shape index (κ1) is 7.39. The summed E-state index contributed by atoms with van der Waals surface area (Å²) in [5.41, 5.74) is 2.25. The number of carbonyl (C=O) groups excluding carboxylic acids is 1. The SMILES string of the molecule is CC(=O)OC(C)NN. The molecule has 3 N–H and O–H groups in total. The first-order valence-corrected chi connectivity index (χ1v) is 2.30. The molecule has 0 aliphatic heterocycles. The lowest BCUT2D eigenvalue weighted by Gasteiger charge is -2.07. The number of nitrogens with one attached hydrogen (secondary N) is 1. The fourth-order valence-electron chi connectivity index (χ4n) is 0.283. The highest BCUT2D eigenvalue weighted by Crippen LogP contribution is 1.81. The van der Waals surface area contributed by atoms with E-state index in [0.29, 0.717) is 0 Å². The Kier molecular flexibility index (Phi) is 3.14. The van der Waals surface area contributed by atoms with Crippen LogP contribution >= 0.6 is 0 Å². The predicted octanol–water partition coefficient (Wildman–Crippen LogP) is -0.641. The summed E-state index contributed by atoms with van der Waals surface area (Å²) in [6, 6.07) is 0. The van der Waals surface area contributed by atoms with Gasteiger partial charge in [-0.3, -0.25) is 10.6 Å². The van der Waals surface area contributed by atoms with Crippen molar-refractivity contribution in [1.82, 2.24) is 5.43 Å². The van der Waals surface area contributed by atoms with Gasteiger partial charge in [-0.25, -0.2) is 5.43 Å². The minimum atomic E-state index is -0.396. The van der Waals surface area contributed by atoms with Crippen molar-refractivity contribution < 1.29 is 9.53 Å². The summed E-state index contributed by atoms with van der Waals surface area (Å²) >= 11 is 0. The van der Waals surface area contributed by atoms with Crippen molar-refractivity contribution in [2.45, 2.75) is 20.1 Å². The van der Waals surface area contributed by atoms with E-state index in [2.05, 4.69) is 10.2 Å². The van der Waals surface area contributed by atoms with Gasteiger partial charge in [0.25, 0.3) is 0 Å². The van der Waals surface area contributed by atoms with Gasteiger partial charge in [-0.1, -0.05) is 0 Å². The van der Waals surface area contributed by atoms with Crippen LogP contribution in [0.5, 0.6) is 0 Å². The smallest absolute Gasteiger partial charge is 0.304 e. The van der Waals surface area contributed by atoms with Crippen LogP contribution in [0.2, 0.25) is 0 Å². The molecule has 0 fully saturated rings. The Hall–Kier alpha value is -0.610. The maximum atomic E-state index is 10.1. The standard InChI is InChI=1S/C4H10N2O2/c1-3(6-5)8-4(2)7/h3,6H,5H2,1-2H3. The molecule has 4 nitrogen and oxygen atoms in total. The second-order valence-electron chi connectivity index (χ2n) is 1.42. The molecule has 48 valence electrons. The second-order valence-corrected chi connectivity index (χ2v) is 1.42. The molecule has 0 saturated carbocycles. The molecular formula is C4H10N2O2. The average molecular weight is 118 g/mol. The largest absolute Gasteiger partial charge is 0.446 e. The summed E-state index contributed by atoms with van der Waals surface area (Å²) in [7, 11) is 0. The van der Waals surface area contributed by atoms with E-state index in [1.807, 2.05) is 0 Å². The summed E-state index contributed by atoms with van der Waals surface area (Å²) in [6.45, 7) is 2.97. The van der Waals surface area contributed by atoms with E-state index in [0.717, 1.165) is 0 Å². The van der Waals surface area contributed by atoms with E-state index in [1.165, 1.54) is 6.92 Å². The van der Waals surface area contributed by atoms with Crippen molar-refractivity contribution in [3.8, 4) is 0 Å². The number of hydrogen-bond donors (Lipinski definition) is 2.